The van der Waals surface area contributed by atoms with E-state index in [1.807, 2.05) is 6.26 Å². The van der Waals surface area contributed by atoms with Gasteiger partial charge >= 0.3 is 0 Å². The van der Waals surface area contributed by atoms with Crippen LogP contribution in [-0.2, 0) is 0 Å². The van der Waals surface area contributed by atoms with E-state index in [1.54, 1.807) is 23.7 Å². The van der Waals surface area contributed by atoms with Gasteiger partial charge in [-0.3, -0.25) is 9.59 Å². The summed E-state index contributed by atoms with van der Waals surface area (Å²) >= 11 is 1.67. The second-order valence-corrected chi connectivity index (χ2v) is 4.13. The van der Waals surface area contributed by atoms with Gasteiger partial charge in [-0.2, -0.15) is 11.8 Å². The minimum Gasteiger partial charge on any atom is -0.367 e. The Labute approximate surface area is 92.7 Å². The van der Waals surface area contributed by atoms with Crippen molar-refractivity contribution in [2.75, 3.05) is 25.6 Å². The molecule has 0 aliphatic heterocycles. The topological polar surface area (TPSA) is 53.2 Å². The normalized spacial score (nSPS) is 10.0. The summed E-state index contributed by atoms with van der Waals surface area (Å²) in [5, 5.41) is 0. The van der Waals surface area contributed by atoms with E-state index in [0.717, 1.165) is 5.75 Å². The lowest BCUT2D eigenvalue weighted by Gasteiger charge is -2.15. The van der Waals surface area contributed by atoms with Crippen molar-refractivity contribution in [1.29, 1.82) is 0 Å². The van der Waals surface area contributed by atoms with Gasteiger partial charge in [0.25, 0.3) is 5.91 Å². The molecule has 0 fully saturated rings. The molecule has 1 N–H and O–H groups in total. The van der Waals surface area contributed by atoms with Gasteiger partial charge in [-0.05, 0) is 6.26 Å². The molecule has 1 aromatic heterocycles. The Balaban J connectivity index is 2.77. The van der Waals surface area contributed by atoms with Gasteiger partial charge in [-0.1, -0.05) is 0 Å². The fourth-order valence-corrected chi connectivity index (χ4v) is 1.58. The zero-order chi connectivity index (χ0) is 11.3. The molecule has 0 aromatic carbocycles. The highest BCUT2D eigenvalue weighted by atomic mass is 32.2. The second kappa shape index (κ2) is 5.60. The maximum atomic E-state index is 11.8. The first-order valence-electron chi connectivity index (χ1n) is 4.58. The molecule has 0 bridgehead atoms. The van der Waals surface area contributed by atoms with E-state index >= 15 is 0 Å². The molecule has 0 saturated heterocycles. The number of aromatic nitrogens is 1. The third-order valence-corrected chi connectivity index (χ3v) is 2.62. The predicted molar refractivity (Wildman–Crippen MR) is 62.4 cm³/mol. The van der Waals surface area contributed by atoms with Crippen molar-refractivity contribution in [3.8, 4) is 0 Å². The number of pyridine rings is 1. The molecule has 0 aliphatic rings. The molecule has 0 radical (unpaired) electrons. The molecule has 0 saturated carbocycles. The molecule has 0 unspecified atom stereocenters. The summed E-state index contributed by atoms with van der Waals surface area (Å²) in [5.41, 5.74) is -0.0455. The summed E-state index contributed by atoms with van der Waals surface area (Å²) in [4.78, 5) is 27.4. The molecular formula is C10H14N2O2S. The summed E-state index contributed by atoms with van der Waals surface area (Å²) in [6, 6.07) is 1.36. The summed E-state index contributed by atoms with van der Waals surface area (Å²) in [5.74, 6) is 0.637. The van der Waals surface area contributed by atoms with Crippen molar-refractivity contribution in [3.05, 3.63) is 34.2 Å². The van der Waals surface area contributed by atoms with E-state index in [1.165, 1.54) is 18.5 Å². The summed E-state index contributed by atoms with van der Waals surface area (Å²) in [7, 11) is 1.70. The Hall–Kier alpha value is -1.23. The Morgan fingerprint density at radius 1 is 1.60 bits per heavy atom. The Kier molecular flexibility index (Phi) is 4.42. The van der Waals surface area contributed by atoms with Crippen LogP contribution in [0.3, 0.4) is 0 Å². The number of carbonyl (C=O) groups is 1. The van der Waals surface area contributed by atoms with Gasteiger partial charge in [0.05, 0.1) is 0 Å². The van der Waals surface area contributed by atoms with E-state index in [-0.39, 0.29) is 16.9 Å². The van der Waals surface area contributed by atoms with Crippen molar-refractivity contribution < 1.29 is 4.79 Å². The first kappa shape index (κ1) is 11.8. The van der Waals surface area contributed by atoms with Gasteiger partial charge < -0.3 is 9.88 Å². The van der Waals surface area contributed by atoms with Crippen LogP contribution in [0.2, 0.25) is 0 Å². The number of carbonyl (C=O) groups excluding carboxylic acids is 1. The first-order chi connectivity index (χ1) is 7.16. The zero-order valence-electron chi connectivity index (χ0n) is 8.82. The Morgan fingerprint density at radius 2 is 2.33 bits per heavy atom. The van der Waals surface area contributed by atoms with Crippen LogP contribution >= 0.6 is 11.8 Å². The van der Waals surface area contributed by atoms with Crippen molar-refractivity contribution in [1.82, 2.24) is 9.88 Å². The predicted octanol–water partition coefficient (Wildman–Crippen LogP) is 0.810. The number of H-pyrrole nitrogens is 1. The maximum absolute atomic E-state index is 11.8. The number of nitrogens with one attached hydrogen (secondary N) is 1. The minimum atomic E-state index is -0.241. The van der Waals surface area contributed by atoms with Crippen LogP contribution in [0.5, 0.6) is 0 Å². The number of thioether (sulfide) groups is 1. The summed E-state index contributed by atoms with van der Waals surface area (Å²) in [6.07, 6.45) is 4.94. The number of amides is 1. The molecule has 0 spiro atoms. The number of aromatic amines is 1. The van der Waals surface area contributed by atoms with Gasteiger partial charge in [0.2, 0.25) is 0 Å². The lowest BCUT2D eigenvalue weighted by atomic mass is 10.2. The molecular weight excluding hydrogens is 212 g/mol. The standard InChI is InChI=1S/C10H14N2O2S/c1-12(5-6-15-2)10(14)8-7-11-4-3-9(8)13/h3-4,7H,5-6H2,1-2H3,(H,11,13). The van der Waals surface area contributed by atoms with E-state index in [0.29, 0.717) is 6.54 Å². The molecule has 15 heavy (non-hydrogen) atoms. The molecule has 1 aromatic rings. The van der Waals surface area contributed by atoms with Crippen molar-refractivity contribution in [2.45, 2.75) is 0 Å². The van der Waals surface area contributed by atoms with Crippen molar-refractivity contribution in [2.24, 2.45) is 0 Å². The SMILES string of the molecule is CSCCN(C)C(=O)c1c[nH]ccc1=O. The molecule has 82 valence electrons. The summed E-state index contributed by atoms with van der Waals surface area (Å²) < 4.78 is 0. The van der Waals surface area contributed by atoms with Crippen molar-refractivity contribution >= 4 is 17.7 Å². The van der Waals surface area contributed by atoms with Gasteiger partial charge in [-0.15, -0.1) is 0 Å². The maximum Gasteiger partial charge on any atom is 0.259 e. The average Bonchev–Trinajstić information content (AvgIpc) is 2.25. The fraction of sp³-hybridized carbons (Fsp3) is 0.400. The Morgan fingerprint density at radius 3 is 2.93 bits per heavy atom. The lowest BCUT2D eigenvalue weighted by molar-refractivity contribution is 0.0802. The zero-order valence-corrected chi connectivity index (χ0v) is 9.63. The van der Waals surface area contributed by atoms with Gasteiger partial charge in [0.15, 0.2) is 5.43 Å². The van der Waals surface area contributed by atoms with E-state index in [2.05, 4.69) is 4.98 Å². The largest absolute Gasteiger partial charge is 0.367 e. The molecule has 1 amide bonds. The molecule has 0 atom stereocenters. The van der Waals surface area contributed by atoms with Crippen LogP contribution in [0.4, 0.5) is 0 Å². The van der Waals surface area contributed by atoms with E-state index in [4.69, 9.17) is 0 Å². The fourth-order valence-electron chi connectivity index (χ4n) is 1.12. The van der Waals surface area contributed by atoms with Gasteiger partial charge in [0, 0.05) is 37.8 Å². The third-order valence-electron chi connectivity index (χ3n) is 2.03. The number of rotatable bonds is 4. The highest BCUT2D eigenvalue weighted by Crippen LogP contribution is 1.98. The quantitative estimate of drug-likeness (QED) is 0.826. The van der Waals surface area contributed by atoms with Crippen LogP contribution in [0.25, 0.3) is 0 Å². The number of hydrogen-bond donors (Lipinski definition) is 1. The van der Waals surface area contributed by atoms with Crippen LogP contribution in [0.1, 0.15) is 10.4 Å². The monoisotopic (exact) mass is 226 g/mol. The van der Waals surface area contributed by atoms with Crippen LogP contribution in [-0.4, -0.2) is 41.4 Å². The molecule has 0 aliphatic carbocycles. The minimum absolute atomic E-state index is 0.195. The smallest absolute Gasteiger partial charge is 0.259 e. The molecule has 5 heteroatoms. The second-order valence-electron chi connectivity index (χ2n) is 3.14. The molecule has 1 rings (SSSR count). The van der Waals surface area contributed by atoms with Crippen LogP contribution in [0.15, 0.2) is 23.3 Å². The average molecular weight is 226 g/mol. The molecule has 1 heterocycles. The third kappa shape index (κ3) is 3.13. The Bertz CT molecular complexity index is 389. The van der Waals surface area contributed by atoms with E-state index < -0.39 is 0 Å². The lowest BCUT2D eigenvalue weighted by Crippen LogP contribution is -2.32. The highest BCUT2D eigenvalue weighted by Gasteiger charge is 2.13. The van der Waals surface area contributed by atoms with E-state index in [9.17, 15) is 9.59 Å². The van der Waals surface area contributed by atoms with Gasteiger partial charge in [-0.25, -0.2) is 0 Å². The molecule has 4 nitrogen and oxygen atoms in total. The first-order valence-corrected chi connectivity index (χ1v) is 5.97. The van der Waals surface area contributed by atoms with Gasteiger partial charge in [0.1, 0.15) is 5.56 Å². The van der Waals surface area contributed by atoms with Crippen LogP contribution < -0.4 is 5.43 Å². The highest BCUT2D eigenvalue weighted by molar-refractivity contribution is 7.98. The van der Waals surface area contributed by atoms with Crippen LogP contribution in [0, 0.1) is 0 Å². The number of nitrogens with zero attached hydrogens (tertiary/aromatic N) is 1. The van der Waals surface area contributed by atoms with Crippen molar-refractivity contribution in [3.63, 3.8) is 0 Å². The summed E-state index contributed by atoms with van der Waals surface area (Å²) in [6.45, 7) is 0.647. The number of hydrogen-bond acceptors (Lipinski definition) is 3.